The van der Waals surface area contributed by atoms with Gasteiger partial charge in [0.05, 0.1) is 43.1 Å². The van der Waals surface area contributed by atoms with Crippen LogP contribution in [0.15, 0.2) is 102 Å². The van der Waals surface area contributed by atoms with Crippen LogP contribution in [0.3, 0.4) is 0 Å². The largest absolute Gasteiger partial charge is 0.492 e. The summed E-state index contributed by atoms with van der Waals surface area (Å²) in [6.07, 6.45) is 15.4. The van der Waals surface area contributed by atoms with E-state index in [0.29, 0.717) is 74.8 Å². The molecule has 0 radical (unpaired) electrons. The SMILES string of the molecule is CCOC(=O)C1=C(C=O)/C2=C3\C[C@@H](CO)C(=O)[C@H](C3)c3cc4cc[nH]c4cc3CC[C@H](CO)COc3c4c(c(CO)c(c32)O1)O[C@@]1(C=C[C@@H]2[C@@H](CO)C=C[C@](O)(CCc3ccccc3CCO)C3=C[C@H]5CN(CCCOC)CC[C@@H]5[C@]1(O)[C@H]32)C4. The van der Waals surface area contributed by atoms with Crippen molar-refractivity contribution in [1.29, 1.82) is 0 Å². The molecule has 84 heavy (non-hydrogen) atoms. The van der Waals surface area contributed by atoms with E-state index in [1.807, 2.05) is 66.9 Å². The number of rotatable bonds is 16. The molecule has 3 aromatic carbocycles. The van der Waals surface area contributed by atoms with Gasteiger partial charge in [0.25, 0.3) is 0 Å². The summed E-state index contributed by atoms with van der Waals surface area (Å²) in [5.41, 5.74) is 1.30. The van der Waals surface area contributed by atoms with E-state index in [2.05, 4.69) is 16.0 Å². The molecule has 2 fully saturated rings. The second-order valence-corrected chi connectivity index (χ2v) is 24.5. The van der Waals surface area contributed by atoms with Crippen LogP contribution in [-0.4, -0.2) is 153 Å². The number of ether oxygens (including phenoxy) is 5. The maximum Gasteiger partial charge on any atom is 0.375 e. The highest BCUT2D eigenvalue weighted by Gasteiger charge is 2.71. The standard InChI is InChI=1S/C67H78N2O15/c1-3-81-64(77)63-51(35-74)56-44-25-46(34-73)59(76)49(27-44)48-26-42-14-20-68-55(42)29-41(48)10-9-38(32-71)37-82-61-50-30-66(84-60(50)52(36-75)62(83-63)57(56)61)19-13-47-43(33-72)12-18-65(78,17-11-39-7-4-5-8-40(39)16-23-70)54-28-45-31-69(21-6-24-80-2)22-15-53(45)67(66,79)58(47)54/h4-5,7-8,12-14,18-20,26,28-29,35,38,43,45-47,49,53,58,68,70-73,75,78-79H,3,6,9-11,15-17,21-25,27,30-34,36-37H2,1-2H3/b56-44-/t38-,43-,45+,46+,47-,49-,53+,58+,65-,66+,67+/m1/s1. The molecule has 1 saturated heterocycles. The van der Waals surface area contributed by atoms with Gasteiger partial charge in [-0.25, -0.2) is 4.79 Å². The number of aryl methyl sites for hydroxylation is 2. The van der Waals surface area contributed by atoms with Crippen molar-refractivity contribution >= 4 is 34.5 Å². The topological polar surface area (TPSA) is 258 Å². The number of nitrogens with one attached hydrogen (secondary N) is 1. The third-order valence-electron chi connectivity index (χ3n) is 20.1. The first-order valence-corrected chi connectivity index (χ1v) is 30.1. The van der Waals surface area contributed by atoms with E-state index in [4.69, 9.17) is 23.7 Å². The number of allylic oxidation sites excluding steroid dienone is 4. The van der Waals surface area contributed by atoms with Crippen molar-refractivity contribution in [3.8, 4) is 17.2 Å². The number of benzene rings is 3. The zero-order valence-electron chi connectivity index (χ0n) is 47.9. The monoisotopic (exact) mass is 1150 g/mol. The van der Waals surface area contributed by atoms with Crippen LogP contribution >= 0.6 is 0 Å². The smallest absolute Gasteiger partial charge is 0.375 e. The first-order valence-electron chi connectivity index (χ1n) is 30.1. The summed E-state index contributed by atoms with van der Waals surface area (Å²) >= 11 is 0. The van der Waals surface area contributed by atoms with E-state index >= 15 is 0 Å². The molecule has 1 spiro atoms. The number of hydrogen-bond donors (Lipinski definition) is 8. The summed E-state index contributed by atoms with van der Waals surface area (Å²) in [7, 11) is 1.68. The summed E-state index contributed by atoms with van der Waals surface area (Å²) in [4.78, 5) is 48.8. The Morgan fingerprint density at radius 3 is 2.51 bits per heavy atom. The van der Waals surface area contributed by atoms with E-state index in [9.17, 15) is 50.1 Å². The molecular formula is C67H78N2O15. The van der Waals surface area contributed by atoms with Crippen LogP contribution in [0.1, 0.15) is 90.3 Å². The number of carbonyl (C=O) groups excluding carboxylic acids is 3. The lowest BCUT2D eigenvalue weighted by Gasteiger charge is -2.62. The van der Waals surface area contributed by atoms with E-state index in [0.717, 1.165) is 46.1 Å². The Bertz CT molecular complexity index is 3390. The highest BCUT2D eigenvalue weighted by Crippen LogP contribution is 2.66. The first kappa shape index (κ1) is 58.1. The van der Waals surface area contributed by atoms with Gasteiger partial charge in [-0.2, -0.15) is 0 Å². The Labute approximate surface area is 488 Å². The van der Waals surface area contributed by atoms with Crippen LogP contribution in [-0.2, 0) is 56.1 Å². The number of piperidine rings is 1. The average Bonchev–Trinajstić information content (AvgIpc) is 1.37. The summed E-state index contributed by atoms with van der Waals surface area (Å²) in [5, 5.41) is 85.1. The zero-order chi connectivity index (χ0) is 58.7. The summed E-state index contributed by atoms with van der Waals surface area (Å²) in [6, 6.07) is 13.8. The number of nitrogens with zero attached hydrogens (tertiary/aromatic N) is 1. The number of fused-ring (bicyclic) bond motifs is 10. The van der Waals surface area contributed by atoms with E-state index < -0.39 is 83.2 Å². The number of hydrogen-bond acceptors (Lipinski definition) is 16. The molecule has 4 aromatic rings. The fourth-order valence-corrected chi connectivity index (χ4v) is 16.0. The molecular weight excluding hydrogens is 1070 g/mol. The molecule has 1 saturated carbocycles. The van der Waals surface area contributed by atoms with Gasteiger partial charge in [0.15, 0.2) is 11.9 Å². The Balaban J connectivity index is 1.07. The molecule has 0 unspecified atom stereocenters. The number of aromatic amines is 1. The Morgan fingerprint density at radius 2 is 1.77 bits per heavy atom. The fraction of sp³-hybridized carbons (Fsp3) is 0.507. The van der Waals surface area contributed by atoms with Gasteiger partial charge in [-0.15, -0.1) is 0 Å². The van der Waals surface area contributed by atoms with Gasteiger partial charge in [-0.3, -0.25) is 9.59 Å². The number of aliphatic hydroxyl groups excluding tert-OH is 5. The van der Waals surface area contributed by atoms with Crippen molar-refractivity contribution in [3.63, 3.8) is 0 Å². The van der Waals surface area contributed by atoms with E-state index in [1.54, 1.807) is 20.1 Å². The number of aromatic nitrogens is 1. The maximum absolute atomic E-state index is 14.9. The molecule has 2 bridgehead atoms. The van der Waals surface area contributed by atoms with Gasteiger partial charge in [-0.1, -0.05) is 54.1 Å². The van der Waals surface area contributed by atoms with Gasteiger partial charge < -0.3 is 69.3 Å². The molecule has 12 rings (SSSR count). The van der Waals surface area contributed by atoms with Crippen LogP contribution in [0.4, 0.5) is 0 Å². The molecule has 17 heteroatoms. The molecule has 4 aliphatic carbocycles. The normalized spacial score (nSPS) is 31.4. The number of aliphatic hydroxyl groups is 7. The first-order chi connectivity index (χ1) is 40.8. The molecule has 8 N–H and O–H groups in total. The Morgan fingerprint density at radius 1 is 0.952 bits per heavy atom. The number of likely N-dealkylation sites (tertiary alicyclic amines) is 1. The van der Waals surface area contributed by atoms with Crippen molar-refractivity contribution in [2.24, 2.45) is 41.4 Å². The number of methoxy groups -OCH3 is 1. The van der Waals surface area contributed by atoms with Crippen LogP contribution < -0.4 is 14.2 Å². The second-order valence-electron chi connectivity index (χ2n) is 24.5. The van der Waals surface area contributed by atoms with Gasteiger partial charge in [0.1, 0.15) is 34.2 Å². The van der Waals surface area contributed by atoms with Crippen LogP contribution in [0.5, 0.6) is 17.2 Å². The van der Waals surface area contributed by atoms with Crippen LogP contribution in [0, 0.1) is 41.4 Å². The van der Waals surface area contributed by atoms with E-state index in [1.165, 1.54) is 0 Å². The zero-order valence-corrected chi connectivity index (χ0v) is 47.9. The fourth-order valence-electron chi connectivity index (χ4n) is 16.0. The average molecular weight is 1150 g/mol. The minimum atomic E-state index is -1.84. The van der Waals surface area contributed by atoms with Crippen molar-refractivity contribution in [2.75, 3.05) is 73.0 Å². The van der Waals surface area contributed by atoms with Crippen LogP contribution in [0.2, 0.25) is 0 Å². The van der Waals surface area contributed by atoms with Crippen molar-refractivity contribution in [2.45, 2.75) is 100 Å². The van der Waals surface area contributed by atoms with Gasteiger partial charge >= 0.3 is 5.97 Å². The third kappa shape index (κ3) is 9.62. The summed E-state index contributed by atoms with van der Waals surface area (Å²) in [6.45, 7) is 2.19. The number of H-pyrrole nitrogens is 1. The molecule has 17 nitrogen and oxygen atoms in total. The van der Waals surface area contributed by atoms with Crippen LogP contribution in [0.25, 0.3) is 16.5 Å². The molecule has 8 aliphatic rings. The number of esters is 1. The molecule has 1 aromatic heterocycles. The predicted octanol–water partition coefficient (Wildman–Crippen LogP) is 5.71. The quantitative estimate of drug-likeness (QED) is 0.0289. The third-order valence-corrected chi connectivity index (χ3v) is 20.1. The lowest BCUT2D eigenvalue weighted by atomic mass is 9.48. The minimum Gasteiger partial charge on any atom is -0.492 e. The Hall–Kier alpha value is -6.25. The highest BCUT2D eigenvalue weighted by molar-refractivity contribution is 6.11. The van der Waals surface area contributed by atoms with Crippen molar-refractivity contribution in [3.05, 3.63) is 140 Å². The number of carbonyl (C=O) groups is 3. The van der Waals surface area contributed by atoms with Gasteiger partial charge in [0.2, 0.25) is 5.76 Å². The Kier molecular flexibility index (Phi) is 16.3. The minimum absolute atomic E-state index is 0.00266. The maximum atomic E-state index is 14.9. The van der Waals surface area contributed by atoms with Gasteiger partial charge in [-0.05, 0) is 141 Å². The lowest BCUT2D eigenvalue weighted by Crippen LogP contribution is -2.72. The second kappa shape index (κ2) is 23.5. The molecule has 446 valence electrons. The van der Waals surface area contributed by atoms with Gasteiger partial charge in [0, 0.05) is 111 Å². The van der Waals surface area contributed by atoms with Crippen molar-refractivity contribution < 1.29 is 73.8 Å². The highest BCUT2D eigenvalue weighted by atomic mass is 16.6. The molecule has 0 amide bonds. The van der Waals surface area contributed by atoms with E-state index in [-0.39, 0.29) is 110 Å². The lowest BCUT2D eigenvalue weighted by molar-refractivity contribution is -0.206. The van der Waals surface area contributed by atoms with Crippen molar-refractivity contribution in [1.82, 2.24) is 9.88 Å². The summed E-state index contributed by atoms with van der Waals surface area (Å²) < 4.78 is 32.5. The molecule has 5 heterocycles. The molecule has 11 atom stereocenters. The number of aldehydes is 1. The predicted molar refractivity (Wildman–Crippen MR) is 311 cm³/mol. The number of Topliss-reactive ketones (excluding diaryl/α,β-unsaturated/α-hetero) is 1. The molecule has 4 aliphatic heterocycles. The number of ketones is 1. The summed E-state index contributed by atoms with van der Waals surface area (Å²) in [5.74, 6) is -6.22.